The van der Waals surface area contributed by atoms with E-state index in [2.05, 4.69) is 5.32 Å². The summed E-state index contributed by atoms with van der Waals surface area (Å²) in [7, 11) is 3.11. The molecule has 6 nitrogen and oxygen atoms in total. The third-order valence-corrected chi connectivity index (χ3v) is 3.65. The van der Waals surface area contributed by atoms with E-state index in [1.807, 2.05) is 13.0 Å². The Hall–Kier alpha value is -3.46. The first-order valence-electron chi connectivity index (χ1n) is 8.49. The number of nitrogens with one attached hydrogen (secondary N) is 1. The molecule has 0 saturated heterocycles. The Morgan fingerprint density at radius 3 is 2.63 bits per heavy atom. The van der Waals surface area contributed by atoms with Crippen molar-refractivity contribution in [2.45, 2.75) is 13.3 Å². The van der Waals surface area contributed by atoms with Gasteiger partial charge in [-0.1, -0.05) is 19.1 Å². The monoisotopic (exact) mass is 366 g/mol. The highest BCUT2D eigenvalue weighted by atomic mass is 16.5. The number of rotatable bonds is 8. The molecule has 0 aliphatic carbocycles. The molecule has 0 aliphatic rings. The van der Waals surface area contributed by atoms with Gasteiger partial charge in [-0.2, -0.15) is 5.26 Å². The topological polar surface area (TPSA) is 80.6 Å². The number of methoxy groups -OCH3 is 2. The van der Waals surface area contributed by atoms with Gasteiger partial charge in [0.05, 0.1) is 20.8 Å². The van der Waals surface area contributed by atoms with Crippen molar-refractivity contribution in [2.75, 3.05) is 26.1 Å². The van der Waals surface area contributed by atoms with Crippen molar-refractivity contribution in [3.05, 3.63) is 53.6 Å². The zero-order valence-corrected chi connectivity index (χ0v) is 15.6. The van der Waals surface area contributed by atoms with Crippen LogP contribution >= 0.6 is 0 Å². The van der Waals surface area contributed by atoms with Gasteiger partial charge in [0, 0.05) is 11.8 Å². The molecule has 1 amide bonds. The minimum atomic E-state index is -0.502. The average Bonchev–Trinajstić information content (AvgIpc) is 2.70. The third kappa shape index (κ3) is 5.51. The molecule has 0 bridgehead atoms. The number of carbonyl (C=O) groups excluding carboxylic acids is 1. The van der Waals surface area contributed by atoms with Gasteiger partial charge in [-0.25, -0.2) is 0 Å². The summed E-state index contributed by atoms with van der Waals surface area (Å²) >= 11 is 0. The van der Waals surface area contributed by atoms with Crippen molar-refractivity contribution in [3.8, 4) is 23.3 Å². The first kappa shape index (κ1) is 19.9. The lowest BCUT2D eigenvalue weighted by atomic mass is 10.1. The molecule has 2 rings (SSSR count). The van der Waals surface area contributed by atoms with E-state index in [-0.39, 0.29) is 5.57 Å². The molecule has 27 heavy (non-hydrogen) atoms. The zero-order chi connectivity index (χ0) is 19.6. The molecule has 0 unspecified atom stereocenters. The lowest BCUT2D eigenvalue weighted by molar-refractivity contribution is -0.112. The van der Waals surface area contributed by atoms with Crippen LogP contribution in [-0.2, 0) is 4.79 Å². The quantitative estimate of drug-likeness (QED) is 0.563. The predicted octanol–water partition coefficient (Wildman–Crippen LogP) is 4.04. The summed E-state index contributed by atoms with van der Waals surface area (Å²) in [5.41, 5.74) is 1.19. The maximum absolute atomic E-state index is 12.4. The Kier molecular flexibility index (Phi) is 7.26. The van der Waals surface area contributed by atoms with Crippen molar-refractivity contribution in [1.82, 2.24) is 0 Å². The minimum Gasteiger partial charge on any atom is -0.497 e. The summed E-state index contributed by atoms with van der Waals surface area (Å²) in [4.78, 5) is 12.4. The number of anilines is 1. The highest BCUT2D eigenvalue weighted by Crippen LogP contribution is 2.29. The fourth-order valence-corrected chi connectivity index (χ4v) is 2.32. The van der Waals surface area contributed by atoms with Crippen LogP contribution in [0.5, 0.6) is 17.2 Å². The molecular formula is C21H22N2O4. The second-order valence-corrected chi connectivity index (χ2v) is 5.61. The van der Waals surface area contributed by atoms with Gasteiger partial charge in [0.25, 0.3) is 5.91 Å². The first-order valence-corrected chi connectivity index (χ1v) is 8.49. The van der Waals surface area contributed by atoms with Gasteiger partial charge in [0.15, 0.2) is 11.5 Å². The first-order chi connectivity index (χ1) is 13.1. The second-order valence-electron chi connectivity index (χ2n) is 5.61. The average molecular weight is 366 g/mol. The van der Waals surface area contributed by atoms with Gasteiger partial charge in [0.2, 0.25) is 0 Å². The van der Waals surface area contributed by atoms with Crippen LogP contribution in [0.2, 0.25) is 0 Å². The van der Waals surface area contributed by atoms with Crippen molar-refractivity contribution in [1.29, 1.82) is 5.26 Å². The van der Waals surface area contributed by atoms with Crippen molar-refractivity contribution in [3.63, 3.8) is 0 Å². The van der Waals surface area contributed by atoms with Crippen LogP contribution in [-0.4, -0.2) is 26.7 Å². The number of benzene rings is 2. The second kappa shape index (κ2) is 9.88. The maximum atomic E-state index is 12.4. The molecule has 0 fully saturated rings. The number of nitrogens with zero attached hydrogens (tertiary/aromatic N) is 1. The fraction of sp³-hybridized carbons (Fsp3) is 0.238. The summed E-state index contributed by atoms with van der Waals surface area (Å²) in [6.07, 6.45) is 2.36. The molecule has 2 aromatic rings. The normalized spacial score (nSPS) is 10.7. The Balaban J connectivity index is 2.23. The number of amides is 1. The minimum absolute atomic E-state index is 0.0237. The largest absolute Gasteiger partial charge is 0.497 e. The van der Waals surface area contributed by atoms with Gasteiger partial charge in [0.1, 0.15) is 17.4 Å². The standard InChI is InChI=1S/C21H22N2O4/c1-4-10-27-20-12-15(8-9-19(20)26-3)11-16(14-22)21(24)23-17-6-5-7-18(13-17)25-2/h5-9,11-13H,4,10H2,1-3H3,(H,23,24)/b16-11+. The molecule has 0 spiro atoms. The zero-order valence-electron chi connectivity index (χ0n) is 15.6. The van der Waals surface area contributed by atoms with Gasteiger partial charge in [-0.3, -0.25) is 4.79 Å². The van der Waals surface area contributed by atoms with Gasteiger partial charge in [-0.15, -0.1) is 0 Å². The van der Waals surface area contributed by atoms with Crippen LogP contribution in [0.4, 0.5) is 5.69 Å². The van der Waals surface area contributed by atoms with Gasteiger partial charge >= 0.3 is 0 Å². The van der Waals surface area contributed by atoms with Crippen molar-refractivity contribution < 1.29 is 19.0 Å². The Labute approximate surface area is 159 Å². The van der Waals surface area contributed by atoms with Crippen LogP contribution in [0.15, 0.2) is 48.0 Å². The van der Waals surface area contributed by atoms with E-state index < -0.39 is 5.91 Å². The van der Waals surface area contributed by atoms with Crippen LogP contribution in [0.1, 0.15) is 18.9 Å². The maximum Gasteiger partial charge on any atom is 0.266 e. The summed E-state index contributed by atoms with van der Waals surface area (Å²) < 4.78 is 16.1. The number of hydrogen-bond acceptors (Lipinski definition) is 5. The van der Waals surface area contributed by atoms with Crippen LogP contribution in [0, 0.1) is 11.3 Å². The molecule has 1 N–H and O–H groups in total. The van der Waals surface area contributed by atoms with E-state index in [9.17, 15) is 10.1 Å². The number of ether oxygens (including phenoxy) is 3. The highest BCUT2D eigenvalue weighted by molar-refractivity contribution is 6.09. The molecule has 6 heteroatoms. The predicted molar refractivity (Wildman–Crippen MR) is 104 cm³/mol. The highest BCUT2D eigenvalue weighted by Gasteiger charge is 2.11. The van der Waals surface area contributed by atoms with E-state index in [0.29, 0.717) is 35.1 Å². The fourth-order valence-electron chi connectivity index (χ4n) is 2.32. The third-order valence-electron chi connectivity index (χ3n) is 3.65. The van der Waals surface area contributed by atoms with Crippen molar-refractivity contribution in [2.24, 2.45) is 0 Å². The molecule has 0 aromatic heterocycles. The summed E-state index contributed by atoms with van der Waals surface area (Å²) in [6.45, 7) is 2.55. The smallest absolute Gasteiger partial charge is 0.266 e. The number of nitriles is 1. The van der Waals surface area contributed by atoms with Gasteiger partial charge in [-0.05, 0) is 42.3 Å². The van der Waals surface area contributed by atoms with Crippen LogP contribution < -0.4 is 19.5 Å². The van der Waals surface area contributed by atoms with E-state index in [4.69, 9.17) is 14.2 Å². The lowest BCUT2D eigenvalue weighted by Gasteiger charge is -2.11. The lowest BCUT2D eigenvalue weighted by Crippen LogP contribution is -2.13. The summed E-state index contributed by atoms with van der Waals surface area (Å²) in [6, 6.07) is 14.1. The molecule has 0 radical (unpaired) electrons. The van der Waals surface area contributed by atoms with E-state index in [1.165, 1.54) is 6.08 Å². The molecule has 140 valence electrons. The molecule has 0 aliphatic heterocycles. The molecule has 0 atom stereocenters. The molecule has 0 saturated carbocycles. The molecule has 0 heterocycles. The van der Waals surface area contributed by atoms with E-state index >= 15 is 0 Å². The Bertz CT molecular complexity index is 869. The Morgan fingerprint density at radius 1 is 1.15 bits per heavy atom. The number of carbonyl (C=O) groups is 1. The molecular weight excluding hydrogens is 344 g/mol. The molecule has 2 aromatic carbocycles. The number of hydrogen-bond donors (Lipinski definition) is 1. The Morgan fingerprint density at radius 2 is 1.96 bits per heavy atom. The van der Waals surface area contributed by atoms with Crippen LogP contribution in [0.3, 0.4) is 0 Å². The van der Waals surface area contributed by atoms with Gasteiger partial charge < -0.3 is 19.5 Å². The SMILES string of the molecule is CCCOc1cc(/C=C(\C#N)C(=O)Nc2cccc(OC)c2)ccc1OC. The summed E-state index contributed by atoms with van der Waals surface area (Å²) in [5, 5.41) is 12.1. The van der Waals surface area contributed by atoms with Crippen LogP contribution in [0.25, 0.3) is 6.08 Å². The van der Waals surface area contributed by atoms with Crippen molar-refractivity contribution >= 4 is 17.7 Å². The van der Waals surface area contributed by atoms with E-state index in [0.717, 1.165) is 6.42 Å². The summed E-state index contributed by atoms with van der Waals surface area (Å²) in [5.74, 6) is 1.28. The van der Waals surface area contributed by atoms with E-state index in [1.54, 1.807) is 56.7 Å².